The number of carbonyl (C=O) groups is 1. The Morgan fingerprint density at radius 3 is 2.72 bits per heavy atom. The van der Waals surface area contributed by atoms with Crippen molar-refractivity contribution in [2.75, 3.05) is 19.8 Å². The van der Waals surface area contributed by atoms with Crippen LogP contribution in [0, 0.1) is 5.92 Å². The van der Waals surface area contributed by atoms with Crippen molar-refractivity contribution in [3.63, 3.8) is 0 Å². The summed E-state index contributed by atoms with van der Waals surface area (Å²) in [4.78, 5) is 15.3. The Balaban J connectivity index is 1.96. The lowest BCUT2D eigenvalue weighted by molar-refractivity contribution is -0.142. The molecule has 0 saturated carbocycles. The number of amides is 1. The number of ether oxygens (including phenoxy) is 1. The normalized spacial score (nSPS) is 28.1. The molecule has 0 aliphatic carbocycles. The average molecular weight is 318 g/mol. The van der Waals surface area contributed by atoms with Crippen LogP contribution in [0.3, 0.4) is 0 Å². The van der Waals surface area contributed by atoms with Crippen molar-refractivity contribution in [2.45, 2.75) is 56.3 Å². The highest BCUT2D eigenvalue weighted by Gasteiger charge is 2.32. The van der Waals surface area contributed by atoms with Gasteiger partial charge in [0.25, 0.3) is 0 Å². The fourth-order valence-corrected chi connectivity index (χ4v) is 3.52. The zero-order chi connectivity index (χ0) is 13.0. The molecule has 2 heterocycles. The summed E-state index contributed by atoms with van der Waals surface area (Å²) >= 11 is 3.62. The zero-order valence-electron chi connectivity index (χ0n) is 11.2. The molecule has 2 rings (SSSR count). The summed E-state index contributed by atoms with van der Waals surface area (Å²) in [6.07, 6.45) is 6.50. The molecule has 0 bridgehead atoms. The minimum Gasteiger partial charge on any atom is -0.381 e. The predicted molar refractivity (Wildman–Crippen MR) is 75.9 cm³/mol. The number of piperidine rings is 1. The van der Waals surface area contributed by atoms with E-state index in [4.69, 9.17) is 4.74 Å². The number of carbonyl (C=O) groups excluding carboxylic acids is 1. The lowest BCUT2D eigenvalue weighted by atomic mass is 9.93. The highest BCUT2D eigenvalue weighted by molar-refractivity contribution is 9.09. The second-order valence-corrected chi connectivity index (χ2v) is 7.15. The zero-order valence-corrected chi connectivity index (χ0v) is 12.8. The maximum Gasteiger partial charge on any atom is 0.226 e. The van der Waals surface area contributed by atoms with Gasteiger partial charge < -0.3 is 9.64 Å². The molecular weight excluding hydrogens is 294 g/mol. The second-order valence-electron chi connectivity index (χ2n) is 5.58. The quantitative estimate of drug-likeness (QED) is 0.749. The molecule has 0 aromatic heterocycles. The molecule has 0 N–H and O–H groups in total. The summed E-state index contributed by atoms with van der Waals surface area (Å²) in [7, 11) is 0. The summed E-state index contributed by atoms with van der Waals surface area (Å²) in [6.45, 7) is 4.64. The molecule has 2 unspecified atom stereocenters. The van der Waals surface area contributed by atoms with E-state index < -0.39 is 0 Å². The molecule has 1 amide bonds. The van der Waals surface area contributed by atoms with Gasteiger partial charge in [0.05, 0.1) is 0 Å². The summed E-state index contributed by atoms with van der Waals surface area (Å²) in [6, 6.07) is 0.448. The first-order chi connectivity index (χ1) is 8.68. The Bertz CT molecular complexity index is 277. The molecule has 4 heteroatoms. The third-order valence-electron chi connectivity index (χ3n) is 4.08. The van der Waals surface area contributed by atoms with E-state index in [0.29, 0.717) is 16.8 Å². The topological polar surface area (TPSA) is 29.5 Å². The maximum absolute atomic E-state index is 12.6. The van der Waals surface area contributed by atoms with Crippen molar-refractivity contribution in [1.29, 1.82) is 0 Å². The molecule has 0 spiro atoms. The fraction of sp³-hybridized carbons (Fsp3) is 0.929. The van der Waals surface area contributed by atoms with Crippen molar-refractivity contribution in [2.24, 2.45) is 5.92 Å². The van der Waals surface area contributed by atoms with E-state index in [2.05, 4.69) is 27.8 Å². The van der Waals surface area contributed by atoms with E-state index in [1.807, 2.05) is 0 Å². The van der Waals surface area contributed by atoms with Gasteiger partial charge in [-0.15, -0.1) is 0 Å². The molecule has 2 saturated heterocycles. The molecule has 104 valence electrons. The summed E-state index contributed by atoms with van der Waals surface area (Å²) in [5, 5.41) is 0. The third-order valence-corrected chi connectivity index (χ3v) is 4.45. The predicted octanol–water partition coefficient (Wildman–Crippen LogP) is 2.97. The van der Waals surface area contributed by atoms with Crippen LogP contribution >= 0.6 is 15.9 Å². The molecule has 3 nitrogen and oxygen atoms in total. The number of alkyl halides is 1. The Hall–Kier alpha value is -0.0900. The number of hydrogen-bond acceptors (Lipinski definition) is 2. The van der Waals surface area contributed by atoms with Gasteiger partial charge in [0, 0.05) is 36.5 Å². The Labute approximate surface area is 118 Å². The smallest absolute Gasteiger partial charge is 0.226 e. The van der Waals surface area contributed by atoms with Crippen molar-refractivity contribution in [3.8, 4) is 0 Å². The van der Waals surface area contributed by atoms with E-state index in [9.17, 15) is 4.79 Å². The number of likely N-dealkylation sites (tertiary alicyclic amines) is 1. The van der Waals surface area contributed by atoms with E-state index in [-0.39, 0.29) is 5.92 Å². The number of halogens is 1. The van der Waals surface area contributed by atoms with Gasteiger partial charge in [-0.1, -0.05) is 22.9 Å². The van der Waals surface area contributed by atoms with E-state index in [0.717, 1.165) is 39.0 Å². The van der Waals surface area contributed by atoms with Gasteiger partial charge in [-0.05, 0) is 38.5 Å². The maximum atomic E-state index is 12.6. The van der Waals surface area contributed by atoms with E-state index in [1.54, 1.807) is 0 Å². The van der Waals surface area contributed by atoms with Gasteiger partial charge in [0.2, 0.25) is 5.91 Å². The third kappa shape index (κ3) is 3.70. The van der Waals surface area contributed by atoms with Gasteiger partial charge in [0.15, 0.2) is 0 Å². The highest BCUT2D eigenvalue weighted by atomic mass is 79.9. The summed E-state index contributed by atoms with van der Waals surface area (Å²) in [5.41, 5.74) is 0. The van der Waals surface area contributed by atoms with Gasteiger partial charge in [-0.25, -0.2) is 0 Å². The van der Waals surface area contributed by atoms with Crippen LogP contribution in [0.15, 0.2) is 0 Å². The Morgan fingerprint density at radius 2 is 2.06 bits per heavy atom. The van der Waals surface area contributed by atoms with Crippen LogP contribution in [0.4, 0.5) is 0 Å². The van der Waals surface area contributed by atoms with Gasteiger partial charge in [-0.3, -0.25) is 4.79 Å². The molecular formula is C14H24BrNO2. The fourth-order valence-electron chi connectivity index (χ4n) is 3.09. The van der Waals surface area contributed by atoms with Crippen LogP contribution in [-0.4, -0.2) is 41.4 Å². The largest absolute Gasteiger partial charge is 0.381 e. The van der Waals surface area contributed by atoms with Crippen molar-refractivity contribution in [1.82, 2.24) is 4.90 Å². The van der Waals surface area contributed by atoms with E-state index in [1.165, 1.54) is 19.3 Å². The average Bonchev–Trinajstić information content (AvgIpc) is 2.39. The number of nitrogens with zero attached hydrogens (tertiary/aromatic N) is 1. The molecule has 0 aromatic carbocycles. The van der Waals surface area contributed by atoms with Crippen LogP contribution < -0.4 is 0 Å². The molecule has 2 fully saturated rings. The van der Waals surface area contributed by atoms with Crippen LogP contribution in [0.25, 0.3) is 0 Å². The van der Waals surface area contributed by atoms with Gasteiger partial charge in [-0.2, -0.15) is 0 Å². The second kappa shape index (κ2) is 6.90. The Morgan fingerprint density at radius 1 is 1.33 bits per heavy atom. The van der Waals surface area contributed by atoms with Crippen LogP contribution in [0.5, 0.6) is 0 Å². The minimum absolute atomic E-state index is 0.213. The number of hydrogen-bond donors (Lipinski definition) is 0. The molecule has 2 aliphatic rings. The van der Waals surface area contributed by atoms with Crippen molar-refractivity contribution >= 4 is 21.8 Å². The lowest BCUT2D eigenvalue weighted by Gasteiger charge is -2.39. The van der Waals surface area contributed by atoms with E-state index >= 15 is 0 Å². The Kier molecular flexibility index (Phi) is 5.49. The van der Waals surface area contributed by atoms with Crippen molar-refractivity contribution in [3.05, 3.63) is 0 Å². The van der Waals surface area contributed by atoms with Crippen LogP contribution in [0.2, 0.25) is 0 Å². The molecule has 18 heavy (non-hydrogen) atoms. The van der Waals surface area contributed by atoms with Gasteiger partial charge >= 0.3 is 0 Å². The first-order valence-electron chi connectivity index (χ1n) is 7.20. The highest BCUT2D eigenvalue weighted by Crippen LogP contribution is 2.27. The monoisotopic (exact) mass is 317 g/mol. The minimum atomic E-state index is 0.213. The van der Waals surface area contributed by atoms with Crippen LogP contribution in [0.1, 0.15) is 45.4 Å². The standard InChI is InChI=1S/C14H24BrNO2/c1-11(15)10-13-4-2-3-7-16(13)14(17)12-5-8-18-9-6-12/h11-13H,2-10H2,1H3. The van der Waals surface area contributed by atoms with Crippen LogP contribution in [-0.2, 0) is 9.53 Å². The molecule has 2 atom stereocenters. The first-order valence-corrected chi connectivity index (χ1v) is 8.12. The summed E-state index contributed by atoms with van der Waals surface area (Å²) < 4.78 is 5.35. The summed E-state index contributed by atoms with van der Waals surface area (Å²) in [5.74, 6) is 0.598. The SMILES string of the molecule is CC(Br)CC1CCCCN1C(=O)C1CCOCC1. The van der Waals surface area contributed by atoms with Crippen molar-refractivity contribution < 1.29 is 9.53 Å². The number of rotatable bonds is 3. The molecule has 0 aromatic rings. The molecule has 0 radical (unpaired) electrons. The first kappa shape index (κ1) is 14.3. The van der Waals surface area contributed by atoms with Gasteiger partial charge in [0.1, 0.15) is 0 Å². The molecule has 2 aliphatic heterocycles. The lowest BCUT2D eigenvalue weighted by Crippen LogP contribution is -2.48.